The molecular weight excluding hydrogens is 328 g/mol. The second-order valence-electron chi connectivity index (χ2n) is 6.49. The Kier molecular flexibility index (Phi) is 11.8. The van der Waals surface area contributed by atoms with Gasteiger partial charge in [0, 0.05) is 6.42 Å². The van der Waals surface area contributed by atoms with Crippen molar-refractivity contribution in [2.45, 2.75) is 71.1 Å². The van der Waals surface area contributed by atoms with Gasteiger partial charge in [0.15, 0.2) is 0 Å². The smallest absolute Gasteiger partial charge is 0.337 e. The number of rotatable bonds is 13. The number of hydrogen-bond donors (Lipinski definition) is 1. The monoisotopic (exact) mass is 360 g/mol. The molecule has 1 rings (SSSR count). The molecule has 0 spiro atoms. The average Bonchev–Trinajstić information content (AvgIpc) is 2.66. The molecule has 0 bridgehead atoms. The maximum atomic E-state index is 11.7. The number of carbonyl (C=O) groups excluding carboxylic acids is 2. The molecule has 0 atom stereocenters. The van der Waals surface area contributed by atoms with Crippen molar-refractivity contribution < 1.29 is 14.3 Å². The van der Waals surface area contributed by atoms with Gasteiger partial charge in [0.2, 0.25) is 5.91 Å². The number of esters is 1. The zero-order valence-electron chi connectivity index (χ0n) is 16.1. The van der Waals surface area contributed by atoms with E-state index in [1.807, 2.05) is 0 Å². The number of methoxy groups -OCH3 is 1. The van der Waals surface area contributed by atoms with Crippen molar-refractivity contribution in [2.24, 2.45) is 5.10 Å². The summed E-state index contributed by atoms with van der Waals surface area (Å²) < 4.78 is 4.64. The lowest BCUT2D eigenvalue weighted by Gasteiger charge is -2.02. The van der Waals surface area contributed by atoms with Crippen molar-refractivity contribution in [3.05, 3.63) is 35.4 Å². The highest BCUT2D eigenvalue weighted by molar-refractivity contribution is 5.90. The summed E-state index contributed by atoms with van der Waals surface area (Å²) in [4.78, 5) is 23.1. The Labute approximate surface area is 157 Å². The number of unbranched alkanes of at least 4 members (excludes halogenated alkanes) is 8. The largest absolute Gasteiger partial charge is 0.465 e. The van der Waals surface area contributed by atoms with E-state index in [4.69, 9.17) is 0 Å². The number of ether oxygens (including phenoxy) is 1. The summed E-state index contributed by atoms with van der Waals surface area (Å²) in [5.74, 6) is -0.432. The van der Waals surface area contributed by atoms with Gasteiger partial charge in [-0.05, 0) is 24.1 Å². The highest BCUT2D eigenvalue weighted by Gasteiger charge is 2.03. The zero-order chi connectivity index (χ0) is 19.0. The van der Waals surface area contributed by atoms with Crippen molar-refractivity contribution in [3.63, 3.8) is 0 Å². The van der Waals surface area contributed by atoms with E-state index in [-0.39, 0.29) is 11.9 Å². The van der Waals surface area contributed by atoms with Gasteiger partial charge in [-0.1, -0.05) is 70.4 Å². The minimum Gasteiger partial charge on any atom is -0.465 e. The van der Waals surface area contributed by atoms with Gasteiger partial charge in [0.25, 0.3) is 0 Å². The van der Waals surface area contributed by atoms with Gasteiger partial charge in [0.05, 0.1) is 18.9 Å². The lowest BCUT2D eigenvalue weighted by molar-refractivity contribution is -0.121. The first-order chi connectivity index (χ1) is 12.7. The van der Waals surface area contributed by atoms with Gasteiger partial charge in [-0.25, -0.2) is 10.2 Å². The molecule has 0 aliphatic heterocycles. The number of hydrazone groups is 1. The van der Waals surface area contributed by atoms with E-state index < -0.39 is 0 Å². The number of amides is 1. The molecule has 1 aromatic rings. The van der Waals surface area contributed by atoms with Crippen LogP contribution in [0.1, 0.15) is 87.1 Å². The Morgan fingerprint density at radius 2 is 1.54 bits per heavy atom. The van der Waals surface area contributed by atoms with Gasteiger partial charge < -0.3 is 4.74 Å². The van der Waals surface area contributed by atoms with Crippen molar-refractivity contribution in [1.82, 2.24) is 5.43 Å². The van der Waals surface area contributed by atoms with Crippen LogP contribution in [0, 0.1) is 0 Å². The average molecular weight is 360 g/mol. The Balaban J connectivity index is 2.10. The lowest BCUT2D eigenvalue weighted by Crippen LogP contribution is -2.16. The molecule has 5 nitrogen and oxygen atoms in total. The summed E-state index contributed by atoms with van der Waals surface area (Å²) in [5.41, 5.74) is 3.84. The van der Waals surface area contributed by atoms with Gasteiger partial charge in [0.1, 0.15) is 0 Å². The van der Waals surface area contributed by atoms with Crippen LogP contribution < -0.4 is 5.43 Å². The predicted molar refractivity (Wildman–Crippen MR) is 105 cm³/mol. The van der Waals surface area contributed by atoms with E-state index in [1.165, 1.54) is 52.1 Å². The van der Waals surface area contributed by atoms with Gasteiger partial charge in [-0.15, -0.1) is 0 Å². The summed E-state index contributed by atoms with van der Waals surface area (Å²) in [5, 5.41) is 3.95. The summed E-state index contributed by atoms with van der Waals surface area (Å²) >= 11 is 0. The Bertz CT molecular complexity index is 553. The zero-order valence-corrected chi connectivity index (χ0v) is 16.1. The van der Waals surface area contributed by atoms with Crippen LogP contribution in [0.25, 0.3) is 0 Å². The van der Waals surface area contributed by atoms with Crippen LogP contribution in [-0.4, -0.2) is 25.2 Å². The van der Waals surface area contributed by atoms with Crippen LogP contribution in [-0.2, 0) is 9.53 Å². The fraction of sp³-hybridized carbons (Fsp3) is 0.571. The third-order valence-corrected chi connectivity index (χ3v) is 4.24. The van der Waals surface area contributed by atoms with Crippen molar-refractivity contribution in [3.8, 4) is 0 Å². The first kappa shape index (κ1) is 21.9. The van der Waals surface area contributed by atoms with E-state index in [0.29, 0.717) is 12.0 Å². The van der Waals surface area contributed by atoms with Crippen LogP contribution in [0.5, 0.6) is 0 Å². The van der Waals surface area contributed by atoms with Gasteiger partial charge in [-0.3, -0.25) is 4.79 Å². The standard InChI is InChI=1S/C21H32N2O3/c1-3-4-5-6-7-8-9-10-11-12-20(24)23-22-17-18-13-15-19(16-14-18)21(25)26-2/h13-17H,3-12H2,1-2H3,(H,23,24)/b22-17+. The summed E-state index contributed by atoms with van der Waals surface area (Å²) in [6.07, 6.45) is 13.2. The van der Waals surface area contributed by atoms with E-state index in [9.17, 15) is 9.59 Å². The number of benzene rings is 1. The topological polar surface area (TPSA) is 67.8 Å². The molecule has 0 aliphatic rings. The second-order valence-corrected chi connectivity index (χ2v) is 6.49. The molecule has 1 aromatic carbocycles. The molecule has 0 aliphatic carbocycles. The van der Waals surface area contributed by atoms with E-state index in [1.54, 1.807) is 30.5 Å². The third kappa shape index (κ3) is 9.97. The fourth-order valence-corrected chi connectivity index (χ4v) is 2.65. The molecule has 1 N–H and O–H groups in total. The molecular formula is C21H32N2O3. The third-order valence-electron chi connectivity index (χ3n) is 4.24. The Morgan fingerprint density at radius 1 is 0.962 bits per heavy atom. The first-order valence-electron chi connectivity index (χ1n) is 9.67. The maximum absolute atomic E-state index is 11.7. The van der Waals surface area contributed by atoms with Crippen molar-refractivity contribution in [2.75, 3.05) is 7.11 Å². The SMILES string of the molecule is CCCCCCCCCCCC(=O)N/N=C/c1ccc(C(=O)OC)cc1. The van der Waals surface area contributed by atoms with Crippen LogP contribution in [0.15, 0.2) is 29.4 Å². The molecule has 0 radical (unpaired) electrons. The summed E-state index contributed by atoms with van der Waals surface area (Å²) in [7, 11) is 1.35. The molecule has 0 heterocycles. The minimum absolute atomic E-state index is 0.0598. The van der Waals surface area contributed by atoms with Gasteiger partial charge in [-0.2, -0.15) is 5.10 Å². The quantitative estimate of drug-likeness (QED) is 0.237. The molecule has 26 heavy (non-hydrogen) atoms. The number of nitrogens with zero attached hydrogens (tertiary/aromatic N) is 1. The molecule has 0 saturated heterocycles. The number of nitrogens with one attached hydrogen (secondary N) is 1. The minimum atomic E-state index is -0.372. The van der Waals surface area contributed by atoms with E-state index >= 15 is 0 Å². The number of hydrogen-bond acceptors (Lipinski definition) is 4. The lowest BCUT2D eigenvalue weighted by atomic mass is 10.1. The van der Waals surface area contributed by atoms with Crippen LogP contribution in [0.3, 0.4) is 0 Å². The Morgan fingerprint density at radius 3 is 2.12 bits per heavy atom. The molecule has 144 valence electrons. The molecule has 0 fully saturated rings. The summed E-state index contributed by atoms with van der Waals surface area (Å²) in [6, 6.07) is 6.83. The molecule has 1 amide bonds. The Hall–Kier alpha value is -2.17. The normalized spacial score (nSPS) is 10.8. The molecule has 0 aromatic heterocycles. The second kappa shape index (κ2) is 14.0. The maximum Gasteiger partial charge on any atom is 0.337 e. The molecule has 0 unspecified atom stereocenters. The van der Waals surface area contributed by atoms with Gasteiger partial charge >= 0.3 is 5.97 Å². The van der Waals surface area contributed by atoms with E-state index in [2.05, 4.69) is 22.2 Å². The molecule has 0 saturated carbocycles. The van der Waals surface area contributed by atoms with Crippen LogP contribution in [0.4, 0.5) is 0 Å². The van der Waals surface area contributed by atoms with Crippen LogP contribution >= 0.6 is 0 Å². The first-order valence-corrected chi connectivity index (χ1v) is 9.67. The summed E-state index contributed by atoms with van der Waals surface area (Å²) in [6.45, 7) is 2.23. The van der Waals surface area contributed by atoms with Crippen molar-refractivity contribution in [1.29, 1.82) is 0 Å². The molecule has 5 heteroatoms. The van der Waals surface area contributed by atoms with E-state index in [0.717, 1.165) is 18.4 Å². The van der Waals surface area contributed by atoms with Crippen molar-refractivity contribution >= 4 is 18.1 Å². The van der Waals surface area contributed by atoms with Crippen LogP contribution in [0.2, 0.25) is 0 Å². The highest BCUT2D eigenvalue weighted by atomic mass is 16.5. The number of carbonyl (C=O) groups is 2. The highest BCUT2D eigenvalue weighted by Crippen LogP contribution is 2.10. The fourth-order valence-electron chi connectivity index (χ4n) is 2.65. The predicted octanol–water partition coefficient (Wildman–Crippen LogP) is 4.84.